The molecule has 5 nitrogen and oxygen atoms in total. The van der Waals surface area contributed by atoms with Gasteiger partial charge in [0, 0.05) is 31.4 Å². The average molecular weight is 312 g/mol. The van der Waals surface area contributed by atoms with Gasteiger partial charge in [0.2, 0.25) is 0 Å². The molecule has 0 radical (unpaired) electrons. The molecule has 0 aliphatic carbocycles. The molecule has 1 atom stereocenters. The van der Waals surface area contributed by atoms with Gasteiger partial charge in [0.05, 0.1) is 6.20 Å². The van der Waals surface area contributed by atoms with E-state index in [-0.39, 0.29) is 11.7 Å². The van der Waals surface area contributed by atoms with Crippen molar-refractivity contribution >= 4 is 5.78 Å². The highest BCUT2D eigenvalue weighted by atomic mass is 16.1. The Hall–Kier alpha value is -2.01. The van der Waals surface area contributed by atoms with Gasteiger partial charge in [0.25, 0.3) is 0 Å². The number of carbonyl (C=O) groups excluding carboxylic acids is 1. The Labute approximate surface area is 137 Å². The molecule has 2 aromatic rings. The van der Waals surface area contributed by atoms with Crippen LogP contribution < -0.4 is 0 Å². The fourth-order valence-electron chi connectivity index (χ4n) is 3.24. The molecule has 1 aliphatic heterocycles. The number of aromatic nitrogens is 3. The topological polar surface area (TPSA) is 51.0 Å². The van der Waals surface area contributed by atoms with Crippen LogP contribution in [0.3, 0.4) is 0 Å². The van der Waals surface area contributed by atoms with Crippen LogP contribution in [-0.2, 0) is 6.54 Å². The van der Waals surface area contributed by atoms with E-state index in [0.717, 1.165) is 45.4 Å². The first-order valence-corrected chi connectivity index (χ1v) is 8.39. The van der Waals surface area contributed by atoms with Crippen molar-refractivity contribution in [3.8, 4) is 0 Å². The first kappa shape index (κ1) is 15.9. The Morgan fingerprint density at radius 2 is 2.26 bits per heavy atom. The van der Waals surface area contributed by atoms with E-state index >= 15 is 0 Å². The third-order valence-electron chi connectivity index (χ3n) is 4.42. The summed E-state index contributed by atoms with van der Waals surface area (Å²) in [4.78, 5) is 19.2. The number of hydrogen-bond donors (Lipinski definition) is 0. The summed E-state index contributed by atoms with van der Waals surface area (Å²) in [5, 5.41) is 4.32. The number of likely N-dealkylation sites (tertiary alicyclic amines) is 1. The van der Waals surface area contributed by atoms with E-state index in [1.807, 2.05) is 29.1 Å². The van der Waals surface area contributed by atoms with Crippen LogP contribution in [0.25, 0.3) is 0 Å². The lowest BCUT2D eigenvalue weighted by Gasteiger charge is -2.31. The molecule has 0 amide bonds. The van der Waals surface area contributed by atoms with Crippen LogP contribution in [0.15, 0.2) is 36.8 Å². The maximum absolute atomic E-state index is 12.5. The summed E-state index contributed by atoms with van der Waals surface area (Å²) in [5.74, 6) is 0.281. The number of aryl methyl sites for hydroxylation is 2. The first-order valence-electron chi connectivity index (χ1n) is 8.39. The summed E-state index contributed by atoms with van der Waals surface area (Å²) in [6.07, 6.45) is 8.78. The Morgan fingerprint density at radius 1 is 1.35 bits per heavy atom. The van der Waals surface area contributed by atoms with Crippen molar-refractivity contribution in [1.82, 2.24) is 19.7 Å². The maximum atomic E-state index is 12.5. The second-order valence-electron chi connectivity index (χ2n) is 6.35. The molecule has 0 N–H and O–H groups in total. The molecule has 122 valence electrons. The molecule has 0 spiro atoms. The highest BCUT2D eigenvalue weighted by Crippen LogP contribution is 2.20. The van der Waals surface area contributed by atoms with E-state index in [1.54, 1.807) is 6.20 Å². The van der Waals surface area contributed by atoms with Crippen molar-refractivity contribution in [2.24, 2.45) is 5.92 Å². The van der Waals surface area contributed by atoms with Crippen molar-refractivity contribution in [2.75, 3.05) is 19.6 Å². The third-order valence-corrected chi connectivity index (χ3v) is 4.42. The highest BCUT2D eigenvalue weighted by molar-refractivity contribution is 5.96. The molecule has 23 heavy (non-hydrogen) atoms. The van der Waals surface area contributed by atoms with E-state index in [4.69, 9.17) is 0 Å². The Balaban J connectivity index is 1.49. The van der Waals surface area contributed by atoms with Gasteiger partial charge < -0.3 is 4.90 Å². The van der Waals surface area contributed by atoms with Gasteiger partial charge in [-0.1, -0.05) is 6.07 Å². The van der Waals surface area contributed by atoms with E-state index in [0.29, 0.717) is 5.69 Å². The molecule has 1 fully saturated rings. The summed E-state index contributed by atoms with van der Waals surface area (Å²) >= 11 is 0. The zero-order valence-corrected chi connectivity index (χ0v) is 13.7. The number of rotatable bonds is 6. The minimum atomic E-state index is 0.0885. The van der Waals surface area contributed by atoms with Gasteiger partial charge in [0.15, 0.2) is 5.78 Å². The van der Waals surface area contributed by atoms with Crippen LogP contribution in [-0.4, -0.2) is 45.1 Å². The molecular weight excluding hydrogens is 288 g/mol. The summed E-state index contributed by atoms with van der Waals surface area (Å²) in [6.45, 7) is 5.95. The van der Waals surface area contributed by atoms with Crippen molar-refractivity contribution < 1.29 is 4.79 Å². The standard InChI is InChI=1S/C18H24N4O/c1-15-12-20-22(13-15)11-5-10-21-9-4-6-16(14-21)18(23)17-7-2-3-8-19-17/h2-3,7-8,12-13,16H,4-6,9-11,14H2,1H3/t16-/m1/s1. The van der Waals surface area contributed by atoms with Crippen LogP contribution in [0.2, 0.25) is 0 Å². The second kappa shape index (κ2) is 7.51. The fraction of sp³-hybridized carbons (Fsp3) is 0.500. The van der Waals surface area contributed by atoms with Crippen LogP contribution in [0.5, 0.6) is 0 Å². The van der Waals surface area contributed by atoms with Crippen LogP contribution in [0, 0.1) is 12.8 Å². The molecule has 1 saturated heterocycles. The van der Waals surface area contributed by atoms with E-state index in [9.17, 15) is 4.79 Å². The lowest BCUT2D eigenvalue weighted by molar-refractivity contribution is 0.0812. The van der Waals surface area contributed by atoms with Gasteiger partial charge in [0.1, 0.15) is 5.69 Å². The summed E-state index contributed by atoms with van der Waals surface area (Å²) < 4.78 is 2.00. The molecule has 0 unspecified atom stereocenters. The average Bonchev–Trinajstić information content (AvgIpc) is 3.00. The van der Waals surface area contributed by atoms with Crippen LogP contribution in [0.4, 0.5) is 0 Å². The van der Waals surface area contributed by atoms with Crippen molar-refractivity contribution in [1.29, 1.82) is 0 Å². The Bertz CT molecular complexity index is 637. The fourth-order valence-corrected chi connectivity index (χ4v) is 3.24. The van der Waals surface area contributed by atoms with Crippen LogP contribution in [0.1, 0.15) is 35.3 Å². The number of Topliss-reactive ketones (excluding diaryl/α,β-unsaturated/α-hetero) is 1. The minimum absolute atomic E-state index is 0.0885. The van der Waals surface area contributed by atoms with E-state index in [1.165, 1.54) is 5.56 Å². The van der Waals surface area contributed by atoms with Crippen LogP contribution >= 0.6 is 0 Å². The lowest BCUT2D eigenvalue weighted by atomic mass is 9.92. The minimum Gasteiger partial charge on any atom is -0.303 e. The third kappa shape index (κ3) is 4.26. The van der Waals surface area contributed by atoms with Gasteiger partial charge in [-0.05, 0) is 57.0 Å². The zero-order chi connectivity index (χ0) is 16.1. The number of ketones is 1. The van der Waals surface area contributed by atoms with Gasteiger partial charge in [-0.15, -0.1) is 0 Å². The van der Waals surface area contributed by atoms with E-state index in [2.05, 4.69) is 28.1 Å². The number of nitrogens with zero attached hydrogens (tertiary/aromatic N) is 4. The van der Waals surface area contributed by atoms with E-state index < -0.39 is 0 Å². The largest absolute Gasteiger partial charge is 0.303 e. The number of piperidine rings is 1. The number of carbonyl (C=O) groups is 1. The first-order chi connectivity index (χ1) is 11.2. The molecule has 0 bridgehead atoms. The SMILES string of the molecule is Cc1cnn(CCCN2CCC[C@@H](C(=O)c3ccccn3)C2)c1. The van der Waals surface area contributed by atoms with Gasteiger partial charge in [-0.2, -0.15) is 5.10 Å². The summed E-state index contributed by atoms with van der Waals surface area (Å²) in [5.41, 5.74) is 1.80. The Morgan fingerprint density at radius 3 is 3.00 bits per heavy atom. The van der Waals surface area contributed by atoms with Gasteiger partial charge in [-0.25, -0.2) is 0 Å². The molecule has 3 heterocycles. The molecule has 0 aromatic carbocycles. The normalized spacial score (nSPS) is 18.9. The molecule has 5 heteroatoms. The summed E-state index contributed by atoms with van der Waals surface area (Å²) in [6, 6.07) is 5.55. The van der Waals surface area contributed by atoms with Gasteiger partial charge >= 0.3 is 0 Å². The predicted octanol–water partition coefficient (Wildman–Crippen LogP) is 2.57. The molecule has 0 saturated carbocycles. The maximum Gasteiger partial charge on any atom is 0.185 e. The monoisotopic (exact) mass is 312 g/mol. The number of pyridine rings is 1. The molecule has 1 aliphatic rings. The zero-order valence-electron chi connectivity index (χ0n) is 13.7. The molecule has 3 rings (SSSR count). The number of hydrogen-bond acceptors (Lipinski definition) is 4. The highest BCUT2D eigenvalue weighted by Gasteiger charge is 2.26. The summed E-state index contributed by atoms with van der Waals surface area (Å²) in [7, 11) is 0. The predicted molar refractivity (Wildman–Crippen MR) is 89.3 cm³/mol. The second-order valence-corrected chi connectivity index (χ2v) is 6.35. The molecule has 2 aromatic heterocycles. The Kier molecular flexibility index (Phi) is 5.18. The van der Waals surface area contributed by atoms with Gasteiger partial charge in [-0.3, -0.25) is 14.5 Å². The lowest BCUT2D eigenvalue weighted by Crippen LogP contribution is -2.39. The molecular formula is C18H24N4O. The van der Waals surface area contributed by atoms with Crippen molar-refractivity contribution in [3.05, 3.63) is 48.0 Å². The van der Waals surface area contributed by atoms with Crippen molar-refractivity contribution in [3.63, 3.8) is 0 Å². The smallest absolute Gasteiger partial charge is 0.185 e. The van der Waals surface area contributed by atoms with Crippen molar-refractivity contribution in [2.45, 2.75) is 32.7 Å². The quantitative estimate of drug-likeness (QED) is 0.769.